The van der Waals surface area contributed by atoms with E-state index in [1.807, 2.05) is 52.0 Å². The van der Waals surface area contributed by atoms with Crippen LogP contribution in [0.15, 0.2) is 42.5 Å². The molecular weight excluding hydrogens is 494 g/mol. The first-order valence-corrected chi connectivity index (χ1v) is 13.0. The molecule has 0 fully saturated rings. The lowest BCUT2D eigenvalue weighted by Gasteiger charge is -2.31. The van der Waals surface area contributed by atoms with Crippen LogP contribution in [-0.2, 0) is 16.1 Å². The van der Waals surface area contributed by atoms with Crippen molar-refractivity contribution >= 4 is 35.2 Å². The monoisotopic (exact) mass is 529 g/mol. The van der Waals surface area contributed by atoms with Gasteiger partial charge in [-0.2, -0.15) is 0 Å². The number of halogens is 1. The van der Waals surface area contributed by atoms with Gasteiger partial charge in [-0.05, 0) is 55.5 Å². The van der Waals surface area contributed by atoms with Crippen LogP contribution >= 0.6 is 11.6 Å². The first kappa shape index (κ1) is 28.3. The normalized spacial score (nSPS) is 16.0. The number of hydrogen-bond donors (Lipinski definition) is 1. The molecule has 1 heterocycles. The standard InChI is InChI=1S/C28H36ClN3O5/c1-6-13-37-21-11-12-22(23(29)15-21)26(33)32-16-19(4)31(17-20-9-7-8-10-25(20)32)28(35)30-24(14-18(2)3)27(34)36-5/h7-12,15,18-19,24H,6,13-14,16-17H2,1-5H3,(H,30,35)/t19-,24+/m1/s1. The van der Waals surface area contributed by atoms with Crippen LogP contribution < -0.4 is 15.0 Å². The fourth-order valence-electron chi connectivity index (χ4n) is 4.36. The van der Waals surface area contributed by atoms with Crippen molar-refractivity contribution in [1.29, 1.82) is 0 Å². The van der Waals surface area contributed by atoms with Crippen molar-refractivity contribution in [2.24, 2.45) is 5.92 Å². The van der Waals surface area contributed by atoms with Gasteiger partial charge in [0, 0.05) is 24.8 Å². The van der Waals surface area contributed by atoms with Crippen LogP contribution in [0.5, 0.6) is 5.75 Å². The Labute approximate surface area is 223 Å². The second kappa shape index (κ2) is 12.8. The van der Waals surface area contributed by atoms with E-state index in [-0.39, 0.29) is 37.0 Å². The summed E-state index contributed by atoms with van der Waals surface area (Å²) < 4.78 is 10.5. The predicted molar refractivity (Wildman–Crippen MR) is 144 cm³/mol. The number of amides is 3. The first-order chi connectivity index (χ1) is 17.7. The minimum atomic E-state index is -0.756. The van der Waals surface area contributed by atoms with Crippen molar-refractivity contribution in [3.8, 4) is 5.75 Å². The van der Waals surface area contributed by atoms with E-state index < -0.39 is 12.0 Å². The average molecular weight is 530 g/mol. The van der Waals surface area contributed by atoms with Gasteiger partial charge in [-0.1, -0.05) is 50.6 Å². The maximum Gasteiger partial charge on any atom is 0.328 e. The topological polar surface area (TPSA) is 88.2 Å². The van der Waals surface area contributed by atoms with Crippen molar-refractivity contribution in [3.05, 3.63) is 58.6 Å². The zero-order valence-corrected chi connectivity index (χ0v) is 22.9. The molecule has 0 aliphatic carbocycles. The SMILES string of the molecule is CCCOc1ccc(C(=O)N2C[C@@H](C)N(C(=O)N[C@@H](CC(C)C)C(=O)OC)Cc3ccccc32)c(Cl)c1. The molecule has 37 heavy (non-hydrogen) atoms. The van der Waals surface area contributed by atoms with Crippen LogP contribution in [-0.4, -0.2) is 55.2 Å². The molecule has 0 spiro atoms. The summed E-state index contributed by atoms with van der Waals surface area (Å²) >= 11 is 6.50. The predicted octanol–water partition coefficient (Wildman–Crippen LogP) is 5.28. The zero-order chi connectivity index (χ0) is 27.1. The minimum absolute atomic E-state index is 0.184. The van der Waals surface area contributed by atoms with Crippen LogP contribution in [0, 0.1) is 5.92 Å². The quantitative estimate of drug-likeness (QED) is 0.470. The van der Waals surface area contributed by atoms with E-state index in [1.165, 1.54) is 7.11 Å². The summed E-state index contributed by atoms with van der Waals surface area (Å²) in [4.78, 5) is 42.7. The molecule has 1 N–H and O–H groups in total. The maximum absolute atomic E-state index is 13.7. The number of carbonyl (C=O) groups excluding carboxylic acids is 3. The smallest absolute Gasteiger partial charge is 0.328 e. The number of nitrogens with zero attached hydrogens (tertiary/aromatic N) is 2. The van der Waals surface area contributed by atoms with Gasteiger partial charge in [0.05, 0.1) is 24.3 Å². The molecule has 2 aromatic rings. The Hall–Kier alpha value is -3.26. The molecule has 3 amide bonds. The fraction of sp³-hybridized carbons (Fsp3) is 0.464. The Bertz CT molecular complexity index is 1120. The number of anilines is 1. The molecule has 3 rings (SSSR count). The molecule has 9 heteroatoms. The number of carbonyl (C=O) groups is 3. The summed E-state index contributed by atoms with van der Waals surface area (Å²) in [5, 5.41) is 3.14. The van der Waals surface area contributed by atoms with Crippen LogP contribution in [0.25, 0.3) is 0 Å². The summed E-state index contributed by atoms with van der Waals surface area (Å²) in [5.41, 5.74) is 1.88. The molecule has 1 aliphatic heterocycles. The summed E-state index contributed by atoms with van der Waals surface area (Å²) in [6.07, 6.45) is 1.32. The van der Waals surface area contributed by atoms with Crippen LogP contribution in [0.3, 0.4) is 0 Å². The highest BCUT2D eigenvalue weighted by molar-refractivity contribution is 6.34. The van der Waals surface area contributed by atoms with Crippen LogP contribution in [0.1, 0.15) is 56.5 Å². The molecule has 0 aromatic heterocycles. The number of rotatable bonds is 8. The van der Waals surface area contributed by atoms with Gasteiger partial charge in [0.1, 0.15) is 11.8 Å². The highest BCUT2D eigenvalue weighted by Crippen LogP contribution is 2.31. The first-order valence-electron chi connectivity index (χ1n) is 12.6. The number of nitrogens with one attached hydrogen (secondary N) is 1. The van der Waals surface area contributed by atoms with Gasteiger partial charge in [0.2, 0.25) is 0 Å². The average Bonchev–Trinajstić information content (AvgIpc) is 3.02. The molecule has 200 valence electrons. The van der Waals surface area contributed by atoms with Crippen molar-refractivity contribution in [3.63, 3.8) is 0 Å². The van der Waals surface area contributed by atoms with Crippen molar-refractivity contribution in [2.45, 2.75) is 59.2 Å². The second-order valence-corrected chi connectivity index (χ2v) is 10.1. The molecule has 2 atom stereocenters. The van der Waals surface area contributed by atoms with E-state index in [0.717, 1.165) is 12.0 Å². The third kappa shape index (κ3) is 6.95. The molecule has 8 nitrogen and oxygen atoms in total. The minimum Gasteiger partial charge on any atom is -0.494 e. The molecule has 1 aliphatic rings. The van der Waals surface area contributed by atoms with Gasteiger partial charge in [-0.3, -0.25) is 4.79 Å². The number of ether oxygens (including phenoxy) is 2. The fourth-order valence-corrected chi connectivity index (χ4v) is 4.61. The number of esters is 1. The van der Waals surface area contributed by atoms with E-state index in [1.54, 1.807) is 28.0 Å². The lowest BCUT2D eigenvalue weighted by molar-refractivity contribution is -0.143. The third-order valence-corrected chi connectivity index (χ3v) is 6.56. The lowest BCUT2D eigenvalue weighted by Crippen LogP contribution is -2.52. The number of fused-ring (bicyclic) bond motifs is 1. The molecule has 0 bridgehead atoms. The molecule has 0 saturated heterocycles. The Morgan fingerprint density at radius 3 is 2.54 bits per heavy atom. The molecule has 0 unspecified atom stereocenters. The van der Waals surface area contributed by atoms with E-state index in [9.17, 15) is 14.4 Å². The van der Waals surface area contributed by atoms with Gasteiger partial charge in [0.15, 0.2) is 0 Å². The van der Waals surface area contributed by atoms with E-state index >= 15 is 0 Å². The summed E-state index contributed by atoms with van der Waals surface area (Å²) in [5.74, 6) is 0.0457. The largest absolute Gasteiger partial charge is 0.494 e. The van der Waals surface area contributed by atoms with Crippen LogP contribution in [0.2, 0.25) is 5.02 Å². The van der Waals surface area contributed by atoms with Crippen molar-refractivity contribution in [2.75, 3.05) is 25.2 Å². The Kier molecular flexibility index (Phi) is 9.80. The molecule has 2 aromatic carbocycles. The number of para-hydroxylation sites is 1. The third-order valence-electron chi connectivity index (χ3n) is 6.24. The molecule has 0 saturated carbocycles. The molecular formula is C28H36ClN3O5. The Morgan fingerprint density at radius 1 is 1.16 bits per heavy atom. The highest BCUT2D eigenvalue weighted by Gasteiger charge is 2.34. The zero-order valence-electron chi connectivity index (χ0n) is 22.1. The summed E-state index contributed by atoms with van der Waals surface area (Å²) in [6, 6.07) is 11.1. The van der Waals surface area contributed by atoms with Crippen molar-refractivity contribution in [1.82, 2.24) is 10.2 Å². The van der Waals surface area contributed by atoms with Gasteiger partial charge in [0.25, 0.3) is 5.91 Å². The number of methoxy groups -OCH3 is 1. The number of hydrogen-bond acceptors (Lipinski definition) is 5. The van der Waals surface area contributed by atoms with Gasteiger partial charge in [-0.15, -0.1) is 0 Å². The lowest BCUT2D eigenvalue weighted by atomic mass is 10.0. The summed E-state index contributed by atoms with van der Waals surface area (Å²) in [7, 11) is 1.31. The van der Waals surface area contributed by atoms with Gasteiger partial charge >= 0.3 is 12.0 Å². The number of benzene rings is 2. The van der Waals surface area contributed by atoms with Gasteiger partial charge < -0.3 is 24.6 Å². The van der Waals surface area contributed by atoms with Crippen LogP contribution in [0.4, 0.5) is 10.5 Å². The number of urea groups is 1. The Morgan fingerprint density at radius 2 is 1.89 bits per heavy atom. The summed E-state index contributed by atoms with van der Waals surface area (Å²) in [6.45, 7) is 8.94. The Balaban J connectivity index is 1.88. The van der Waals surface area contributed by atoms with Crippen molar-refractivity contribution < 1.29 is 23.9 Å². The highest BCUT2D eigenvalue weighted by atomic mass is 35.5. The molecule has 0 radical (unpaired) electrons. The maximum atomic E-state index is 13.7. The van der Waals surface area contributed by atoms with E-state index in [2.05, 4.69) is 5.32 Å². The van der Waals surface area contributed by atoms with E-state index in [4.69, 9.17) is 21.1 Å². The second-order valence-electron chi connectivity index (χ2n) is 9.67. The van der Waals surface area contributed by atoms with Gasteiger partial charge in [-0.25, -0.2) is 9.59 Å². The van der Waals surface area contributed by atoms with E-state index in [0.29, 0.717) is 35.1 Å².